The van der Waals surface area contributed by atoms with Crippen LogP contribution in [-0.4, -0.2) is 18.0 Å². The minimum absolute atomic E-state index is 0.311. The van der Waals surface area contributed by atoms with Gasteiger partial charge in [-0.1, -0.05) is 123 Å². The molecule has 0 fully saturated rings. The van der Waals surface area contributed by atoms with Crippen molar-refractivity contribution >= 4 is 6.29 Å². The highest BCUT2D eigenvalue weighted by Gasteiger charge is 2.18. The maximum atomic E-state index is 11.5. The SMILES string of the molecule is CCCCCC(CC)C(C=O)CCCCCCCCCCCCCCCCO. The quantitative estimate of drug-likeness (QED) is 0.139. The number of aliphatic hydroxyl groups is 1. The molecule has 0 aliphatic rings. The second-order valence-electron chi connectivity index (χ2n) is 8.93. The van der Waals surface area contributed by atoms with E-state index < -0.39 is 0 Å². The molecule has 0 saturated carbocycles. The average Bonchev–Trinajstić information content (AvgIpc) is 2.72. The minimum Gasteiger partial charge on any atom is -0.396 e. The first-order valence-electron chi connectivity index (χ1n) is 12.9. The average molecular weight is 397 g/mol. The zero-order valence-corrected chi connectivity index (χ0v) is 19.4. The van der Waals surface area contributed by atoms with Crippen LogP contribution < -0.4 is 0 Å². The monoisotopic (exact) mass is 396 g/mol. The summed E-state index contributed by atoms with van der Waals surface area (Å²) < 4.78 is 0. The summed E-state index contributed by atoms with van der Waals surface area (Å²) in [5, 5.41) is 8.75. The summed E-state index contributed by atoms with van der Waals surface area (Å²) in [6.07, 6.45) is 27.1. The Balaban J connectivity index is 3.43. The van der Waals surface area contributed by atoms with Gasteiger partial charge in [0.05, 0.1) is 0 Å². The molecule has 0 aliphatic heterocycles. The van der Waals surface area contributed by atoms with Crippen LogP contribution in [0.25, 0.3) is 0 Å². The highest BCUT2D eigenvalue weighted by molar-refractivity contribution is 5.53. The Morgan fingerprint density at radius 3 is 1.43 bits per heavy atom. The lowest BCUT2D eigenvalue weighted by Crippen LogP contribution is -2.16. The van der Waals surface area contributed by atoms with E-state index >= 15 is 0 Å². The molecule has 2 nitrogen and oxygen atoms in total. The smallest absolute Gasteiger partial charge is 0.123 e. The summed E-state index contributed by atoms with van der Waals surface area (Å²) in [6.45, 7) is 4.86. The van der Waals surface area contributed by atoms with Crippen LogP contribution in [0.2, 0.25) is 0 Å². The fourth-order valence-electron chi connectivity index (χ4n) is 4.41. The molecule has 0 radical (unpaired) electrons. The van der Waals surface area contributed by atoms with Crippen LogP contribution in [0, 0.1) is 11.8 Å². The third kappa shape index (κ3) is 17.7. The van der Waals surface area contributed by atoms with Gasteiger partial charge in [-0.15, -0.1) is 0 Å². The lowest BCUT2D eigenvalue weighted by molar-refractivity contribution is -0.113. The van der Waals surface area contributed by atoms with Crippen LogP contribution in [0.15, 0.2) is 0 Å². The maximum absolute atomic E-state index is 11.5. The molecule has 0 aliphatic carbocycles. The molecule has 2 unspecified atom stereocenters. The van der Waals surface area contributed by atoms with Gasteiger partial charge in [-0.2, -0.15) is 0 Å². The van der Waals surface area contributed by atoms with E-state index in [1.807, 2.05) is 0 Å². The standard InChI is InChI=1S/C26H52O2/c1-3-5-18-21-25(4-2)26(24-28)22-19-16-14-12-10-8-6-7-9-11-13-15-17-20-23-27/h24-27H,3-23H2,1-2H3. The van der Waals surface area contributed by atoms with Crippen LogP contribution in [0.1, 0.15) is 142 Å². The van der Waals surface area contributed by atoms with Crippen LogP contribution in [-0.2, 0) is 4.79 Å². The third-order valence-electron chi connectivity index (χ3n) is 6.43. The molecule has 0 aromatic heterocycles. The lowest BCUT2D eigenvalue weighted by Gasteiger charge is -2.21. The van der Waals surface area contributed by atoms with Gasteiger partial charge in [0.2, 0.25) is 0 Å². The van der Waals surface area contributed by atoms with Crippen molar-refractivity contribution in [3.8, 4) is 0 Å². The predicted molar refractivity (Wildman–Crippen MR) is 124 cm³/mol. The number of hydrogen-bond donors (Lipinski definition) is 1. The number of unbranched alkanes of at least 4 members (excludes halogenated alkanes) is 15. The third-order valence-corrected chi connectivity index (χ3v) is 6.43. The molecule has 0 amide bonds. The van der Waals surface area contributed by atoms with Crippen molar-refractivity contribution in [3.05, 3.63) is 0 Å². The van der Waals surface area contributed by atoms with E-state index in [-0.39, 0.29) is 0 Å². The van der Waals surface area contributed by atoms with Gasteiger partial charge in [0.15, 0.2) is 0 Å². The molecule has 0 spiro atoms. The normalized spacial score (nSPS) is 13.5. The van der Waals surface area contributed by atoms with Crippen molar-refractivity contribution in [1.82, 2.24) is 0 Å². The molecule has 0 heterocycles. The number of carbonyl (C=O) groups is 1. The molecule has 0 rings (SSSR count). The molecule has 28 heavy (non-hydrogen) atoms. The van der Waals surface area contributed by atoms with Crippen molar-refractivity contribution in [2.24, 2.45) is 11.8 Å². The van der Waals surface area contributed by atoms with Crippen molar-refractivity contribution in [1.29, 1.82) is 0 Å². The molecule has 1 N–H and O–H groups in total. The molecule has 0 aromatic rings. The second kappa shape index (κ2) is 22.9. The van der Waals surface area contributed by atoms with Gasteiger partial charge in [-0.25, -0.2) is 0 Å². The van der Waals surface area contributed by atoms with Crippen molar-refractivity contribution < 1.29 is 9.90 Å². The van der Waals surface area contributed by atoms with Crippen LogP contribution in [0.5, 0.6) is 0 Å². The van der Waals surface area contributed by atoms with E-state index in [0.717, 1.165) is 19.3 Å². The largest absolute Gasteiger partial charge is 0.396 e. The van der Waals surface area contributed by atoms with E-state index in [2.05, 4.69) is 13.8 Å². The topological polar surface area (TPSA) is 37.3 Å². The molecule has 0 aromatic carbocycles. The summed E-state index contributed by atoms with van der Waals surface area (Å²) in [5.41, 5.74) is 0. The van der Waals surface area contributed by atoms with E-state index in [4.69, 9.17) is 5.11 Å². The summed E-state index contributed by atoms with van der Waals surface area (Å²) in [6, 6.07) is 0. The number of carbonyl (C=O) groups excluding carboxylic acids is 1. The number of aldehydes is 1. The molecule has 2 heteroatoms. The van der Waals surface area contributed by atoms with Gasteiger partial charge in [-0.05, 0) is 25.2 Å². The summed E-state index contributed by atoms with van der Waals surface area (Å²) in [4.78, 5) is 11.5. The Labute approximate surface area is 177 Å². The fraction of sp³-hybridized carbons (Fsp3) is 0.962. The van der Waals surface area contributed by atoms with Gasteiger partial charge in [0, 0.05) is 12.5 Å². The number of hydrogen-bond acceptors (Lipinski definition) is 2. The fourth-order valence-corrected chi connectivity index (χ4v) is 4.41. The van der Waals surface area contributed by atoms with Gasteiger partial charge < -0.3 is 9.90 Å². The summed E-state index contributed by atoms with van der Waals surface area (Å²) in [7, 11) is 0. The van der Waals surface area contributed by atoms with E-state index in [1.165, 1.54) is 115 Å². The Morgan fingerprint density at radius 2 is 1.04 bits per heavy atom. The zero-order valence-electron chi connectivity index (χ0n) is 19.4. The van der Waals surface area contributed by atoms with Crippen LogP contribution >= 0.6 is 0 Å². The zero-order chi connectivity index (χ0) is 20.7. The van der Waals surface area contributed by atoms with E-state index in [1.54, 1.807) is 0 Å². The highest BCUT2D eigenvalue weighted by atomic mass is 16.2. The number of rotatable bonds is 23. The Bertz CT molecular complexity index is 303. The maximum Gasteiger partial charge on any atom is 0.123 e. The molecule has 168 valence electrons. The van der Waals surface area contributed by atoms with E-state index in [9.17, 15) is 4.79 Å². The summed E-state index contributed by atoms with van der Waals surface area (Å²) >= 11 is 0. The lowest BCUT2D eigenvalue weighted by atomic mass is 9.83. The minimum atomic E-state index is 0.311. The van der Waals surface area contributed by atoms with Gasteiger partial charge in [0.25, 0.3) is 0 Å². The Kier molecular flexibility index (Phi) is 22.6. The van der Waals surface area contributed by atoms with Crippen LogP contribution in [0.4, 0.5) is 0 Å². The molecule has 0 saturated heterocycles. The Hall–Kier alpha value is -0.370. The predicted octanol–water partition coefficient (Wildman–Crippen LogP) is 8.25. The van der Waals surface area contributed by atoms with Crippen molar-refractivity contribution in [3.63, 3.8) is 0 Å². The van der Waals surface area contributed by atoms with Crippen molar-refractivity contribution in [2.75, 3.05) is 6.61 Å². The molecular formula is C26H52O2. The second-order valence-corrected chi connectivity index (χ2v) is 8.93. The molecule has 2 atom stereocenters. The van der Waals surface area contributed by atoms with Crippen LogP contribution in [0.3, 0.4) is 0 Å². The highest BCUT2D eigenvalue weighted by Crippen LogP contribution is 2.26. The Morgan fingerprint density at radius 1 is 0.607 bits per heavy atom. The van der Waals surface area contributed by atoms with Crippen molar-refractivity contribution in [2.45, 2.75) is 142 Å². The number of aliphatic hydroxyl groups excluding tert-OH is 1. The summed E-state index contributed by atoms with van der Waals surface area (Å²) in [5.74, 6) is 0.934. The molecule has 0 bridgehead atoms. The van der Waals surface area contributed by atoms with E-state index in [0.29, 0.717) is 18.4 Å². The van der Waals surface area contributed by atoms with Gasteiger partial charge in [0.1, 0.15) is 6.29 Å². The molecular weight excluding hydrogens is 344 g/mol. The first kappa shape index (κ1) is 27.6. The van der Waals surface area contributed by atoms with Gasteiger partial charge in [-0.3, -0.25) is 0 Å². The first-order chi connectivity index (χ1) is 13.8. The first-order valence-corrected chi connectivity index (χ1v) is 12.9. The van der Waals surface area contributed by atoms with Gasteiger partial charge >= 0.3 is 0 Å².